The Morgan fingerprint density at radius 2 is 2.29 bits per heavy atom. The first kappa shape index (κ1) is 11.2. The second-order valence-electron chi connectivity index (χ2n) is 3.44. The second kappa shape index (κ2) is 4.58. The quantitative estimate of drug-likeness (QED) is 0.717. The molecule has 0 radical (unpaired) electrons. The maximum absolute atomic E-state index is 10.8. The molecule has 1 atom stereocenters. The molecule has 0 amide bonds. The summed E-state index contributed by atoms with van der Waals surface area (Å²) < 4.78 is 5.12. The molecule has 0 aromatic heterocycles. The van der Waals surface area contributed by atoms with E-state index in [0.717, 1.165) is 11.8 Å². The molecule has 0 fully saturated rings. The van der Waals surface area contributed by atoms with E-state index in [0.29, 0.717) is 11.4 Å². The van der Waals surface area contributed by atoms with Crippen molar-refractivity contribution in [3.63, 3.8) is 0 Å². The molecule has 3 heteroatoms. The van der Waals surface area contributed by atoms with Crippen LogP contribution in [0, 0.1) is 0 Å². The highest BCUT2D eigenvalue weighted by atomic mass is 35.5. The number of methoxy groups -OCH3 is 1. The molecule has 0 bridgehead atoms. The third kappa shape index (κ3) is 2.82. The molecule has 1 aromatic carbocycles. The minimum absolute atomic E-state index is 0.535. The number of ether oxygens (including phenoxy) is 1. The SMILES string of the molecule is COC(C)(C=O)Cc1cccc(Cl)c1. The molecule has 1 unspecified atom stereocenters. The molecule has 14 heavy (non-hydrogen) atoms. The summed E-state index contributed by atoms with van der Waals surface area (Å²) in [5.41, 5.74) is 0.235. The largest absolute Gasteiger partial charge is 0.371 e. The Morgan fingerprint density at radius 1 is 1.57 bits per heavy atom. The van der Waals surface area contributed by atoms with Crippen LogP contribution in [-0.2, 0) is 16.0 Å². The smallest absolute Gasteiger partial charge is 0.151 e. The van der Waals surface area contributed by atoms with Crippen LogP contribution in [0.15, 0.2) is 24.3 Å². The lowest BCUT2D eigenvalue weighted by Gasteiger charge is -2.21. The highest BCUT2D eigenvalue weighted by Gasteiger charge is 2.22. The van der Waals surface area contributed by atoms with Crippen molar-refractivity contribution in [2.45, 2.75) is 18.9 Å². The topological polar surface area (TPSA) is 26.3 Å². The Labute approximate surface area is 88.8 Å². The Kier molecular flexibility index (Phi) is 3.67. The normalized spacial score (nSPS) is 14.8. The van der Waals surface area contributed by atoms with E-state index in [1.807, 2.05) is 18.2 Å². The summed E-state index contributed by atoms with van der Waals surface area (Å²) in [7, 11) is 1.53. The maximum Gasteiger partial charge on any atom is 0.151 e. The summed E-state index contributed by atoms with van der Waals surface area (Å²) in [4.78, 5) is 10.8. The second-order valence-corrected chi connectivity index (χ2v) is 3.88. The molecule has 0 aliphatic heterocycles. The van der Waals surface area contributed by atoms with Crippen LogP contribution < -0.4 is 0 Å². The minimum Gasteiger partial charge on any atom is -0.371 e. The van der Waals surface area contributed by atoms with Gasteiger partial charge in [-0.15, -0.1) is 0 Å². The van der Waals surface area contributed by atoms with E-state index in [1.54, 1.807) is 13.0 Å². The van der Waals surface area contributed by atoms with Crippen LogP contribution >= 0.6 is 11.6 Å². The fraction of sp³-hybridized carbons (Fsp3) is 0.364. The minimum atomic E-state index is -0.759. The van der Waals surface area contributed by atoms with Crippen LogP contribution in [0.2, 0.25) is 5.02 Å². The first-order valence-corrected chi connectivity index (χ1v) is 4.73. The molecule has 0 saturated heterocycles. The molecule has 0 aliphatic rings. The molecule has 0 saturated carbocycles. The van der Waals surface area contributed by atoms with Crippen LogP contribution in [0.1, 0.15) is 12.5 Å². The van der Waals surface area contributed by atoms with Gasteiger partial charge < -0.3 is 9.53 Å². The van der Waals surface area contributed by atoms with Crippen molar-refractivity contribution >= 4 is 17.9 Å². The average Bonchev–Trinajstić information content (AvgIpc) is 2.18. The number of benzene rings is 1. The van der Waals surface area contributed by atoms with E-state index in [2.05, 4.69) is 0 Å². The molecule has 1 aromatic rings. The van der Waals surface area contributed by atoms with E-state index in [9.17, 15) is 4.79 Å². The highest BCUT2D eigenvalue weighted by Crippen LogP contribution is 2.17. The standard InChI is InChI=1S/C11H13ClO2/c1-11(8-13,14-2)7-9-4-3-5-10(12)6-9/h3-6,8H,7H2,1-2H3. The fourth-order valence-corrected chi connectivity index (χ4v) is 1.43. The van der Waals surface area contributed by atoms with Crippen molar-refractivity contribution in [1.82, 2.24) is 0 Å². The predicted molar refractivity (Wildman–Crippen MR) is 56.6 cm³/mol. The third-order valence-corrected chi connectivity index (χ3v) is 2.39. The van der Waals surface area contributed by atoms with Gasteiger partial charge in [-0.3, -0.25) is 0 Å². The van der Waals surface area contributed by atoms with Gasteiger partial charge in [0.05, 0.1) is 0 Å². The number of rotatable bonds is 4. The zero-order valence-electron chi connectivity index (χ0n) is 8.29. The number of halogens is 1. The zero-order chi connectivity index (χ0) is 10.6. The Balaban J connectivity index is 2.82. The van der Waals surface area contributed by atoms with Crippen molar-refractivity contribution in [2.75, 3.05) is 7.11 Å². The van der Waals surface area contributed by atoms with Crippen LogP contribution in [0.5, 0.6) is 0 Å². The monoisotopic (exact) mass is 212 g/mol. The van der Waals surface area contributed by atoms with Gasteiger partial charge in [0.25, 0.3) is 0 Å². The number of hydrogen-bond acceptors (Lipinski definition) is 2. The molecule has 76 valence electrons. The summed E-state index contributed by atoms with van der Waals surface area (Å²) in [5.74, 6) is 0. The summed E-state index contributed by atoms with van der Waals surface area (Å²) in [5, 5.41) is 0.673. The van der Waals surface area contributed by atoms with Crippen LogP contribution in [0.4, 0.5) is 0 Å². The molecule has 0 heterocycles. The van der Waals surface area contributed by atoms with E-state index in [4.69, 9.17) is 16.3 Å². The maximum atomic E-state index is 10.8. The van der Waals surface area contributed by atoms with Gasteiger partial charge in [-0.2, -0.15) is 0 Å². The van der Waals surface area contributed by atoms with Gasteiger partial charge in [0.1, 0.15) is 5.60 Å². The molecule has 0 spiro atoms. The summed E-state index contributed by atoms with van der Waals surface area (Å²) in [6.07, 6.45) is 1.35. The van der Waals surface area contributed by atoms with E-state index in [1.165, 1.54) is 7.11 Å². The summed E-state index contributed by atoms with van der Waals surface area (Å²) >= 11 is 5.83. The van der Waals surface area contributed by atoms with Crippen molar-refractivity contribution in [3.05, 3.63) is 34.9 Å². The third-order valence-electron chi connectivity index (χ3n) is 2.16. The van der Waals surface area contributed by atoms with E-state index >= 15 is 0 Å². The molecular formula is C11H13ClO2. The van der Waals surface area contributed by atoms with Gasteiger partial charge in [-0.05, 0) is 24.6 Å². The molecule has 2 nitrogen and oxygen atoms in total. The van der Waals surface area contributed by atoms with Gasteiger partial charge >= 0.3 is 0 Å². The number of hydrogen-bond donors (Lipinski definition) is 0. The van der Waals surface area contributed by atoms with Crippen LogP contribution in [0.3, 0.4) is 0 Å². The lowest BCUT2D eigenvalue weighted by atomic mass is 9.98. The molecule has 0 aliphatic carbocycles. The average molecular weight is 213 g/mol. The zero-order valence-corrected chi connectivity index (χ0v) is 9.04. The van der Waals surface area contributed by atoms with Crippen LogP contribution in [0.25, 0.3) is 0 Å². The van der Waals surface area contributed by atoms with E-state index < -0.39 is 5.60 Å². The summed E-state index contributed by atoms with van der Waals surface area (Å²) in [6.45, 7) is 1.75. The molecule has 1 rings (SSSR count). The first-order chi connectivity index (χ1) is 6.59. The first-order valence-electron chi connectivity index (χ1n) is 4.35. The van der Waals surface area contributed by atoms with Crippen molar-refractivity contribution in [1.29, 1.82) is 0 Å². The Morgan fingerprint density at radius 3 is 2.79 bits per heavy atom. The van der Waals surface area contributed by atoms with Gasteiger partial charge in [-0.1, -0.05) is 23.7 Å². The van der Waals surface area contributed by atoms with Crippen molar-refractivity contribution < 1.29 is 9.53 Å². The van der Waals surface area contributed by atoms with Gasteiger partial charge in [0.15, 0.2) is 6.29 Å². The van der Waals surface area contributed by atoms with E-state index in [-0.39, 0.29) is 0 Å². The molecule has 0 N–H and O–H groups in total. The number of carbonyl (C=O) groups is 1. The van der Waals surface area contributed by atoms with Gasteiger partial charge in [0, 0.05) is 18.6 Å². The number of carbonyl (C=O) groups excluding carboxylic acids is 1. The van der Waals surface area contributed by atoms with Crippen LogP contribution in [-0.4, -0.2) is 19.0 Å². The van der Waals surface area contributed by atoms with Crippen molar-refractivity contribution in [3.8, 4) is 0 Å². The van der Waals surface area contributed by atoms with Gasteiger partial charge in [-0.25, -0.2) is 0 Å². The molecular weight excluding hydrogens is 200 g/mol. The lowest BCUT2D eigenvalue weighted by Crippen LogP contribution is -2.31. The summed E-state index contributed by atoms with van der Waals surface area (Å²) in [6, 6.07) is 7.42. The lowest BCUT2D eigenvalue weighted by molar-refractivity contribution is -0.125. The predicted octanol–water partition coefficient (Wildman–Crippen LogP) is 2.49. The van der Waals surface area contributed by atoms with Crippen molar-refractivity contribution in [2.24, 2.45) is 0 Å². The number of aldehydes is 1. The Bertz CT molecular complexity index is 325. The fourth-order valence-electron chi connectivity index (χ4n) is 1.21. The highest BCUT2D eigenvalue weighted by molar-refractivity contribution is 6.30. The Hall–Kier alpha value is -0.860. The van der Waals surface area contributed by atoms with Gasteiger partial charge in [0.2, 0.25) is 0 Å².